The van der Waals surface area contributed by atoms with Gasteiger partial charge in [-0.15, -0.1) is 0 Å². The van der Waals surface area contributed by atoms with Crippen LogP contribution in [-0.4, -0.2) is 11.2 Å². The molecule has 0 atom stereocenters. The van der Waals surface area contributed by atoms with Crippen LogP contribution in [0.25, 0.3) is 0 Å². The number of aliphatic imine (C=N–C) groups is 1. The molecule has 2 nitrogen and oxygen atoms in total. The monoisotopic (exact) mass is 160 g/mol. The molecule has 0 amide bonds. The van der Waals surface area contributed by atoms with Crippen molar-refractivity contribution in [2.45, 2.75) is 26.3 Å². The minimum atomic E-state index is 0.510. The number of pyridine rings is 1. The lowest BCUT2D eigenvalue weighted by Gasteiger charge is -2.05. The van der Waals surface area contributed by atoms with E-state index in [-0.39, 0.29) is 0 Å². The second-order valence-electron chi connectivity index (χ2n) is 3.40. The van der Waals surface area contributed by atoms with Crippen molar-refractivity contribution in [1.29, 1.82) is 0 Å². The highest BCUT2D eigenvalue weighted by atomic mass is 14.8. The van der Waals surface area contributed by atoms with Crippen molar-refractivity contribution in [3.8, 4) is 0 Å². The summed E-state index contributed by atoms with van der Waals surface area (Å²) in [5.74, 6) is 0.510. The zero-order valence-corrected chi connectivity index (χ0v) is 7.41. The molecule has 0 bridgehead atoms. The molecule has 0 fully saturated rings. The first-order valence-corrected chi connectivity index (χ1v) is 4.27. The summed E-state index contributed by atoms with van der Waals surface area (Å²) in [6.07, 6.45) is 1.90. The van der Waals surface area contributed by atoms with Crippen molar-refractivity contribution in [2.24, 2.45) is 4.99 Å². The van der Waals surface area contributed by atoms with Crippen molar-refractivity contribution in [3.63, 3.8) is 0 Å². The molecule has 0 spiro atoms. The number of hydrogen-bond donors (Lipinski definition) is 0. The molecule has 12 heavy (non-hydrogen) atoms. The van der Waals surface area contributed by atoms with Crippen LogP contribution in [0.1, 0.15) is 36.7 Å². The van der Waals surface area contributed by atoms with Gasteiger partial charge in [0.25, 0.3) is 0 Å². The first-order valence-electron chi connectivity index (χ1n) is 4.27. The zero-order valence-electron chi connectivity index (χ0n) is 7.41. The fraction of sp³-hybridized carbons (Fsp3) is 0.400. The number of nitrogens with zero attached hydrogens (tertiary/aromatic N) is 2. The van der Waals surface area contributed by atoms with Crippen LogP contribution < -0.4 is 0 Å². The first kappa shape index (κ1) is 7.47. The van der Waals surface area contributed by atoms with Crippen LogP contribution >= 0.6 is 0 Å². The van der Waals surface area contributed by atoms with Crippen molar-refractivity contribution in [1.82, 2.24) is 4.98 Å². The number of hydrogen-bond acceptors (Lipinski definition) is 2. The van der Waals surface area contributed by atoms with E-state index in [4.69, 9.17) is 0 Å². The second kappa shape index (κ2) is 2.70. The highest BCUT2D eigenvalue weighted by molar-refractivity contribution is 5.83. The second-order valence-corrected chi connectivity index (χ2v) is 3.40. The molecular weight excluding hydrogens is 148 g/mol. The standard InChI is InChI=1S/C10H12N2/c1-7(2)9-4-3-8-5-11-6-10(8)12-9/h3-5,7H,6H2,1-2H3. The van der Waals surface area contributed by atoms with Crippen molar-refractivity contribution < 1.29 is 0 Å². The average Bonchev–Trinajstić information content (AvgIpc) is 2.49. The molecule has 1 aliphatic heterocycles. The summed E-state index contributed by atoms with van der Waals surface area (Å²) in [5.41, 5.74) is 3.47. The Bertz CT molecular complexity index is 327. The van der Waals surface area contributed by atoms with E-state index in [0.717, 1.165) is 12.2 Å². The van der Waals surface area contributed by atoms with Crippen LogP contribution in [0.5, 0.6) is 0 Å². The summed E-state index contributed by atoms with van der Waals surface area (Å²) < 4.78 is 0. The quantitative estimate of drug-likeness (QED) is 0.617. The van der Waals surface area contributed by atoms with Gasteiger partial charge in [0.1, 0.15) is 0 Å². The molecule has 0 unspecified atom stereocenters. The Morgan fingerprint density at radius 1 is 1.33 bits per heavy atom. The third kappa shape index (κ3) is 1.13. The predicted octanol–water partition coefficient (Wildman–Crippen LogP) is 2.14. The van der Waals surface area contributed by atoms with Crippen LogP contribution in [0.4, 0.5) is 0 Å². The Morgan fingerprint density at radius 2 is 2.17 bits per heavy atom. The minimum absolute atomic E-state index is 0.510. The van der Waals surface area contributed by atoms with Crippen LogP contribution in [0, 0.1) is 0 Å². The highest BCUT2D eigenvalue weighted by Crippen LogP contribution is 2.17. The van der Waals surface area contributed by atoms with Crippen molar-refractivity contribution in [2.75, 3.05) is 0 Å². The first-order chi connectivity index (χ1) is 5.77. The molecule has 62 valence electrons. The summed E-state index contributed by atoms with van der Waals surface area (Å²) in [4.78, 5) is 8.69. The van der Waals surface area contributed by atoms with E-state index in [1.807, 2.05) is 6.21 Å². The van der Waals surface area contributed by atoms with Crippen LogP contribution in [-0.2, 0) is 6.54 Å². The fourth-order valence-electron chi connectivity index (χ4n) is 1.33. The van der Waals surface area contributed by atoms with Crippen molar-refractivity contribution in [3.05, 3.63) is 29.1 Å². The van der Waals surface area contributed by atoms with Gasteiger partial charge < -0.3 is 0 Å². The normalized spacial score (nSPS) is 13.9. The maximum atomic E-state index is 4.53. The predicted molar refractivity (Wildman–Crippen MR) is 49.6 cm³/mol. The van der Waals surface area contributed by atoms with Gasteiger partial charge in [-0.25, -0.2) is 0 Å². The molecular formula is C10H12N2. The molecule has 1 aliphatic rings. The molecule has 0 saturated heterocycles. The fourth-order valence-corrected chi connectivity index (χ4v) is 1.33. The van der Waals surface area contributed by atoms with Gasteiger partial charge >= 0.3 is 0 Å². The Labute approximate surface area is 72.4 Å². The van der Waals surface area contributed by atoms with E-state index in [0.29, 0.717) is 5.92 Å². The largest absolute Gasteiger partial charge is 0.286 e. The molecule has 0 aromatic carbocycles. The Balaban J connectivity index is 2.42. The molecule has 1 aromatic rings. The summed E-state index contributed by atoms with van der Waals surface area (Å²) in [5, 5.41) is 0. The van der Waals surface area contributed by atoms with Gasteiger partial charge in [-0.3, -0.25) is 9.98 Å². The lowest BCUT2D eigenvalue weighted by Crippen LogP contribution is -1.97. The third-order valence-electron chi connectivity index (χ3n) is 2.09. The summed E-state index contributed by atoms with van der Waals surface area (Å²) >= 11 is 0. The zero-order chi connectivity index (χ0) is 8.55. The molecule has 2 heterocycles. The summed E-state index contributed by atoms with van der Waals surface area (Å²) in [6.45, 7) is 5.07. The molecule has 0 radical (unpaired) electrons. The van der Waals surface area contributed by atoms with Gasteiger partial charge in [-0.05, 0) is 18.1 Å². The summed E-state index contributed by atoms with van der Waals surface area (Å²) in [6, 6.07) is 4.19. The number of fused-ring (bicyclic) bond motifs is 1. The molecule has 0 saturated carbocycles. The van der Waals surface area contributed by atoms with Crippen molar-refractivity contribution >= 4 is 6.21 Å². The van der Waals surface area contributed by atoms with Crippen LogP contribution in [0.2, 0.25) is 0 Å². The SMILES string of the molecule is CC(C)c1ccc2c(n1)CN=C2. The minimum Gasteiger partial charge on any atom is -0.286 e. The van der Waals surface area contributed by atoms with E-state index in [1.165, 1.54) is 11.3 Å². The van der Waals surface area contributed by atoms with E-state index < -0.39 is 0 Å². The summed E-state index contributed by atoms with van der Waals surface area (Å²) in [7, 11) is 0. The van der Waals surface area contributed by atoms with Gasteiger partial charge in [0.2, 0.25) is 0 Å². The van der Waals surface area contributed by atoms with E-state index in [2.05, 4.69) is 36.0 Å². The van der Waals surface area contributed by atoms with Gasteiger partial charge in [-0.1, -0.05) is 13.8 Å². The number of rotatable bonds is 1. The van der Waals surface area contributed by atoms with E-state index in [1.54, 1.807) is 0 Å². The molecule has 2 heteroatoms. The smallest absolute Gasteiger partial charge is 0.0818 e. The number of aromatic nitrogens is 1. The average molecular weight is 160 g/mol. The molecule has 1 aromatic heterocycles. The van der Waals surface area contributed by atoms with E-state index in [9.17, 15) is 0 Å². The lowest BCUT2D eigenvalue weighted by atomic mass is 10.1. The van der Waals surface area contributed by atoms with Crippen LogP contribution in [0.3, 0.4) is 0 Å². The maximum Gasteiger partial charge on any atom is 0.0818 e. The van der Waals surface area contributed by atoms with Gasteiger partial charge in [-0.2, -0.15) is 0 Å². The Hall–Kier alpha value is -1.18. The van der Waals surface area contributed by atoms with Gasteiger partial charge in [0.05, 0.1) is 12.2 Å². The third-order valence-corrected chi connectivity index (χ3v) is 2.09. The molecule has 2 rings (SSSR count). The van der Waals surface area contributed by atoms with Gasteiger partial charge in [0.15, 0.2) is 0 Å². The molecule has 0 aliphatic carbocycles. The van der Waals surface area contributed by atoms with Crippen LogP contribution in [0.15, 0.2) is 17.1 Å². The highest BCUT2D eigenvalue weighted by Gasteiger charge is 2.09. The Morgan fingerprint density at radius 3 is 2.92 bits per heavy atom. The maximum absolute atomic E-state index is 4.53. The molecule has 0 N–H and O–H groups in total. The topological polar surface area (TPSA) is 25.2 Å². The van der Waals surface area contributed by atoms with Gasteiger partial charge in [0, 0.05) is 17.5 Å². The van der Waals surface area contributed by atoms with E-state index >= 15 is 0 Å². The Kier molecular flexibility index (Phi) is 1.68. The lowest BCUT2D eigenvalue weighted by molar-refractivity contribution is 0.807.